The SMILES string of the molecule is Cc1ccc2nc(N)n(CC3CCCCS3)c2c1. The number of hydrogen-bond donors (Lipinski definition) is 1. The first kappa shape index (κ1) is 11.9. The molecule has 0 amide bonds. The van der Waals surface area contributed by atoms with Gasteiger partial charge in [-0.2, -0.15) is 11.8 Å². The van der Waals surface area contributed by atoms with Crippen molar-refractivity contribution in [3.05, 3.63) is 23.8 Å². The van der Waals surface area contributed by atoms with Crippen LogP contribution in [-0.2, 0) is 6.54 Å². The first-order valence-corrected chi connectivity index (χ1v) is 7.63. The Morgan fingerprint density at radius 2 is 2.33 bits per heavy atom. The molecule has 1 unspecified atom stereocenters. The number of rotatable bonds is 2. The molecule has 1 aromatic carbocycles. The van der Waals surface area contributed by atoms with Gasteiger partial charge in [0.05, 0.1) is 11.0 Å². The summed E-state index contributed by atoms with van der Waals surface area (Å²) >= 11 is 2.08. The third kappa shape index (κ3) is 2.21. The van der Waals surface area contributed by atoms with E-state index in [1.54, 1.807) is 0 Å². The number of aromatic nitrogens is 2. The zero-order valence-corrected chi connectivity index (χ0v) is 11.5. The van der Waals surface area contributed by atoms with Gasteiger partial charge in [0.1, 0.15) is 0 Å². The molecule has 3 rings (SSSR count). The summed E-state index contributed by atoms with van der Waals surface area (Å²) in [5.41, 5.74) is 9.52. The normalized spacial score (nSPS) is 20.4. The number of imidazole rings is 1. The highest BCUT2D eigenvalue weighted by molar-refractivity contribution is 7.99. The molecule has 2 aromatic rings. The number of nitrogens with zero attached hydrogens (tertiary/aromatic N) is 2. The van der Waals surface area contributed by atoms with Crippen molar-refractivity contribution in [2.24, 2.45) is 0 Å². The van der Waals surface area contributed by atoms with Crippen LogP contribution in [0.2, 0.25) is 0 Å². The molecule has 4 heteroatoms. The first-order valence-electron chi connectivity index (χ1n) is 6.58. The number of anilines is 1. The number of nitrogen functional groups attached to an aromatic ring is 1. The topological polar surface area (TPSA) is 43.8 Å². The Kier molecular flexibility index (Phi) is 3.20. The molecule has 0 aliphatic carbocycles. The third-order valence-corrected chi connectivity index (χ3v) is 4.97. The van der Waals surface area contributed by atoms with Crippen molar-refractivity contribution in [1.29, 1.82) is 0 Å². The van der Waals surface area contributed by atoms with E-state index in [-0.39, 0.29) is 0 Å². The van der Waals surface area contributed by atoms with E-state index in [1.165, 1.54) is 36.1 Å². The van der Waals surface area contributed by atoms with Gasteiger partial charge >= 0.3 is 0 Å². The van der Waals surface area contributed by atoms with E-state index in [9.17, 15) is 0 Å². The molecule has 1 saturated heterocycles. The van der Waals surface area contributed by atoms with Crippen LogP contribution in [0.25, 0.3) is 11.0 Å². The van der Waals surface area contributed by atoms with Crippen LogP contribution in [0.4, 0.5) is 5.95 Å². The number of benzene rings is 1. The van der Waals surface area contributed by atoms with Crippen LogP contribution in [0.1, 0.15) is 24.8 Å². The lowest BCUT2D eigenvalue weighted by molar-refractivity contribution is 0.595. The van der Waals surface area contributed by atoms with Crippen LogP contribution in [0.3, 0.4) is 0 Å². The minimum absolute atomic E-state index is 0.654. The van der Waals surface area contributed by atoms with Crippen molar-refractivity contribution < 1.29 is 0 Å². The molecule has 1 aliphatic heterocycles. The number of nitrogens with two attached hydrogens (primary N) is 1. The zero-order chi connectivity index (χ0) is 12.5. The molecule has 96 valence electrons. The lowest BCUT2D eigenvalue weighted by Gasteiger charge is -2.22. The second kappa shape index (κ2) is 4.84. The number of hydrogen-bond acceptors (Lipinski definition) is 3. The Morgan fingerprint density at radius 3 is 3.11 bits per heavy atom. The molecule has 3 nitrogen and oxygen atoms in total. The van der Waals surface area contributed by atoms with Gasteiger partial charge in [-0.3, -0.25) is 0 Å². The van der Waals surface area contributed by atoms with Gasteiger partial charge in [0.2, 0.25) is 5.95 Å². The van der Waals surface area contributed by atoms with Gasteiger partial charge < -0.3 is 10.3 Å². The first-order chi connectivity index (χ1) is 8.74. The van der Waals surface area contributed by atoms with E-state index in [2.05, 4.69) is 46.4 Å². The number of thioether (sulfide) groups is 1. The van der Waals surface area contributed by atoms with Crippen LogP contribution < -0.4 is 5.73 Å². The van der Waals surface area contributed by atoms with Crippen molar-refractivity contribution >= 4 is 28.7 Å². The van der Waals surface area contributed by atoms with E-state index in [4.69, 9.17) is 5.73 Å². The molecule has 0 radical (unpaired) electrons. The molecule has 1 fully saturated rings. The Bertz CT molecular complexity index is 555. The van der Waals surface area contributed by atoms with Crippen molar-refractivity contribution in [2.45, 2.75) is 38.0 Å². The summed E-state index contributed by atoms with van der Waals surface area (Å²) in [4.78, 5) is 4.45. The number of fused-ring (bicyclic) bond motifs is 1. The van der Waals surface area contributed by atoms with E-state index >= 15 is 0 Å². The van der Waals surface area contributed by atoms with Crippen LogP contribution in [0.5, 0.6) is 0 Å². The van der Waals surface area contributed by atoms with E-state index in [0.29, 0.717) is 11.2 Å². The lowest BCUT2D eigenvalue weighted by atomic mass is 10.2. The van der Waals surface area contributed by atoms with Crippen molar-refractivity contribution in [2.75, 3.05) is 11.5 Å². The maximum absolute atomic E-state index is 6.06. The largest absolute Gasteiger partial charge is 0.369 e. The second-order valence-corrected chi connectivity index (χ2v) is 6.47. The van der Waals surface area contributed by atoms with Gasteiger partial charge in [-0.05, 0) is 43.2 Å². The highest BCUT2D eigenvalue weighted by Gasteiger charge is 2.17. The Balaban J connectivity index is 1.94. The zero-order valence-electron chi connectivity index (χ0n) is 10.7. The lowest BCUT2D eigenvalue weighted by Crippen LogP contribution is -2.18. The molecular formula is C14H19N3S. The van der Waals surface area contributed by atoms with Gasteiger partial charge in [0, 0.05) is 11.8 Å². The minimum atomic E-state index is 0.654. The van der Waals surface area contributed by atoms with Gasteiger partial charge in [0.25, 0.3) is 0 Å². The summed E-state index contributed by atoms with van der Waals surface area (Å²) in [6.45, 7) is 3.11. The Labute approximate surface area is 112 Å². The average molecular weight is 261 g/mol. The molecule has 1 aliphatic rings. The molecule has 0 saturated carbocycles. The van der Waals surface area contributed by atoms with Gasteiger partial charge in [-0.1, -0.05) is 12.5 Å². The van der Waals surface area contributed by atoms with Gasteiger partial charge in [-0.15, -0.1) is 0 Å². The Hall–Kier alpha value is -1.16. The molecular weight excluding hydrogens is 242 g/mol. The van der Waals surface area contributed by atoms with Gasteiger partial charge in [0.15, 0.2) is 0 Å². The molecule has 0 bridgehead atoms. The average Bonchev–Trinajstić information content (AvgIpc) is 2.67. The van der Waals surface area contributed by atoms with Crippen molar-refractivity contribution in [3.63, 3.8) is 0 Å². The fourth-order valence-electron chi connectivity index (χ4n) is 2.60. The summed E-state index contributed by atoms with van der Waals surface area (Å²) in [5, 5.41) is 0.693. The van der Waals surface area contributed by atoms with E-state index < -0.39 is 0 Å². The minimum Gasteiger partial charge on any atom is -0.369 e. The van der Waals surface area contributed by atoms with Crippen molar-refractivity contribution in [1.82, 2.24) is 9.55 Å². The Morgan fingerprint density at radius 1 is 1.44 bits per heavy atom. The predicted octanol–water partition coefficient (Wildman–Crippen LogP) is 3.21. The summed E-state index contributed by atoms with van der Waals surface area (Å²) in [6, 6.07) is 6.34. The molecule has 1 aromatic heterocycles. The summed E-state index contributed by atoms with van der Waals surface area (Å²) < 4.78 is 2.19. The fourth-order valence-corrected chi connectivity index (χ4v) is 3.89. The fraction of sp³-hybridized carbons (Fsp3) is 0.500. The maximum Gasteiger partial charge on any atom is 0.201 e. The summed E-state index contributed by atoms with van der Waals surface area (Å²) in [5.74, 6) is 1.94. The van der Waals surface area contributed by atoms with E-state index in [0.717, 1.165) is 12.1 Å². The van der Waals surface area contributed by atoms with Gasteiger partial charge in [-0.25, -0.2) is 4.98 Å². The highest BCUT2D eigenvalue weighted by Crippen LogP contribution is 2.29. The highest BCUT2D eigenvalue weighted by atomic mass is 32.2. The van der Waals surface area contributed by atoms with Crippen LogP contribution >= 0.6 is 11.8 Å². The molecule has 2 N–H and O–H groups in total. The van der Waals surface area contributed by atoms with Crippen molar-refractivity contribution in [3.8, 4) is 0 Å². The molecule has 1 atom stereocenters. The van der Waals surface area contributed by atoms with Crippen LogP contribution in [-0.4, -0.2) is 20.6 Å². The predicted molar refractivity (Wildman–Crippen MR) is 79.0 cm³/mol. The van der Waals surface area contributed by atoms with E-state index in [1.807, 2.05) is 0 Å². The molecule has 2 heterocycles. The monoisotopic (exact) mass is 261 g/mol. The second-order valence-electron chi connectivity index (χ2n) is 5.06. The maximum atomic E-state index is 6.06. The van der Waals surface area contributed by atoms with Crippen LogP contribution in [0.15, 0.2) is 18.2 Å². The smallest absolute Gasteiger partial charge is 0.201 e. The molecule has 0 spiro atoms. The van der Waals surface area contributed by atoms with Crippen LogP contribution in [0, 0.1) is 6.92 Å². The molecule has 18 heavy (non-hydrogen) atoms. The third-order valence-electron chi connectivity index (χ3n) is 3.59. The quantitative estimate of drug-likeness (QED) is 0.902. The summed E-state index contributed by atoms with van der Waals surface area (Å²) in [7, 11) is 0. The summed E-state index contributed by atoms with van der Waals surface area (Å²) in [6.07, 6.45) is 4.01. The standard InChI is InChI=1S/C14H19N3S/c1-10-5-6-12-13(8-10)17(14(15)16-12)9-11-4-2-3-7-18-11/h5-6,8,11H,2-4,7,9H2,1H3,(H2,15,16). The number of aryl methyl sites for hydroxylation is 1.